The van der Waals surface area contributed by atoms with Crippen LogP contribution in [0.25, 0.3) is 11.4 Å². The van der Waals surface area contributed by atoms with E-state index in [0.29, 0.717) is 18.1 Å². The van der Waals surface area contributed by atoms with E-state index in [1.54, 1.807) is 0 Å². The van der Waals surface area contributed by atoms with E-state index in [4.69, 9.17) is 4.52 Å². The van der Waals surface area contributed by atoms with Gasteiger partial charge in [-0.2, -0.15) is 4.98 Å². The number of ketones is 1. The van der Waals surface area contributed by atoms with Crippen LogP contribution in [-0.2, 0) is 11.2 Å². The lowest BCUT2D eigenvalue weighted by Crippen LogP contribution is -2.00. The Morgan fingerprint density at radius 1 is 1.35 bits per heavy atom. The molecule has 0 aliphatic heterocycles. The molecule has 0 aliphatic rings. The number of hydrogen-bond donors (Lipinski definition) is 0. The molecular formula is C13H14N2O2. The van der Waals surface area contributed by atoms with Gasteiger partial charge in [0, 0.05) is 12.0 Å². The number of hydrogen-bond acceptors (Lipinski definition) is 4. The molecule has 0 amide bonds. The third-order valence-electron chi connectivity index (χ3n) is 2.60. The van der Waals surface area contributed by atoms with Gasteiger partial charge >= 0.3 is 0 Å². The van der Waals surface area contributed by atoms with E-state index in [9.17, 15) is 4.79 Å². The molecule has 0 radical (unpaired) electrons. The van der Waals surface area contributed by atoms with Gasteiger partial charge in [0.25, 0.3) is 0 Å². The van der Waals surface area contributed by atoms with Gasteiger partial charge in [-0.3, -0.25) is 4.79 Å². The van der Waals surface area contributed by atoms with Crippen molar-refractivity contribution in [1.29, 1.82) is 0 Å². The molecular weight excluding hydrogens is 216 g/mol. The van der Waals surface area contributed by atoms with Gasteiger partial charge in [0.15, 0.2) is 0 Å². The smallest absolute Gasteiger partial charge is 0.234 e. The quantitative estimate of drug-likeness (QED) is 0.810. The van der Waals surface area contributed by atoms with Gasteiger partial charge in [0.05, 0.1) is 6.42 Å². The highest BCUT2D eigenvalue weighted by Crippen LogP contribution is 2.19. The fourth-order valence-electron chi connectivity index (χ4n) is 1.55. The van der Waals surface area contributed by atoms with Crippen molar-refractivity contribution in [2.75, 3.05) is 0 Å². The van der Waals surface area contributed by atoms with Crippen molar-refractivity contribution in [3.05, 3.63) is 35.7 Å². The fourth-order valence-corrected chi connectivity index (χ4v) is 1.55. The number of carbonyl (C=O) groups excluding carboxylic acids is 1. The SMILES string of the molecule is CCC(=O)Cc1nc(-c2ccccc2C)no1. The van der Waals surface area contributed by atoms with Crippen LogP contribution in [0.2, 0.25) is 0 Å². The zero-order chi connectivity index (χ0) is 12.3. The van der Waals surface area contributed by atoms with E-state index in [1.807, 2.05) is 38.1 Å². The fraction of sp³-hybridized carbons (Fsp3) is 0.308. The Morgan fingerprint density at radius 2 is 2.12 bits per heavy atom. The van der Waals surface area contributed by atoms with E-state index in [-0.39, 0.29) is 12.2 Å². The summed E-state index contributed by atoms with van der Waals surface area (Å²) in [5, 5.41) is 3.90. The first kappa shape index (κ1) is 11.5. The van der Waals surface area contributed by atoms with Crippen LogP contribution < -0.4 is 0 Å². The molecule has 2 aromatic rings. The summed E-state index contributed by atoms with van der Waals surface area (Å²) in [6, 6.07) is 7.81. The van der Waals surface area contributed by atoms with Gasteiger partial charge in [0.1, 0.15) is 5.78 Å². The van der Waals surface area contributed by atoms with Gasteiger partial charge < -0.3 is 4.52 Å². The average Bonchev–Trinajstić information content (AvgIpc) is 2.78. The number of rotatable bonds is 4. The molecule has 1 aromatic heterocycles. The Labute approximate surface area is 99.7 Å². The normalized spacial score (nSPS) is 10.5. The average molecular weight is 230 g/mol. The Bertz CT molecular complexity index is 532. The zero-order valence-electron chi connectivity index (χ0n) is 9.93. The minimum atomic E-state index is 0.102. The third kappa shape index (κ3) is 2.58. The second-order valence-corrected chi connectivity index (χ2v) is 3.90. The number of aryl methyl sites for hydroxylation is 1. The highest BCUT2D eigenvalue weighted by atomic mass is 16.5. The number of carbonyl (C=O) groups is 1. The molecule has 0 saturated carbocycles. The molecule has 0 bridgehead atoms. The van der Waals surface area contributed by atoms with Crippen molar-refractivity contribution in [2.45, 2.75) is 26.7 Å². The van der Waals surface area contributed by atoms with Crippen molar-refractivity contribution in [2.24, 2.45) is 0 Å². The van der Waals surface area contributed by atoms with Crippen molar-refractivity contribution in [3.8, 4) is 11.4 Å². The molecule has 0 spiro atoms. The first-order chi connectivity index (χ1) is 8.20. The molecule has 17 heavy (non-hydrogen) atoms. The monoisotopic (exact) mass is 230 g/mol. The van der Waals surface area contributed by atoms with Crippen LogP contribution in [0.4, 0.5) is 0 Å². The summed E-state index contributed by atoms with van der Waals surface area (Å²) in [5.74, 6) is 1.03. The molecule has 0 saturated heterocycles. The first-order valence-electron chi connectivity index (χ1n) is 5.61. The Kier molecular flexibility index (Phi) is 3.32. The maximum atomic E-state index is 11.3. The molecule has 4 nitrogen and oxygen atoms in total. The molecule has 0 aliphatic carbocycles. The third-order valence-corrected chi connectivity index (χ3v) is 2.60. The van der Waals surface area contributed by atoms with E-state index in [2.05, 4.69) is 10.1 Å². The summed E-state index contributed by atoms with van der Waals surface area (Å²) in [5.41, 5.74) is 2.02. The number of benzene rings is 1. The topological polar surface area (TPSA) is 56.0 Å². The number of aromatic nitrogens is 2. The maximum absolute atomic E-state index is 11.3. The lowest BCUT2D eigenvalue weighted by atomic mass is 10.1. The van der Waals surface area contributed by atoms with Crippen LogP contribution in [-0.4, -0.2) is 15.9 Å². The molecule has 0 unspecified atom stereocenters. The molecule has 88 valence electrons. The summed E-state index contributed by atoms with van der Waals surface area (Å²) < 4.78 is 5.06. The highest BCUT2D eigenvalue weighted by Gasteiger charge is 2.12. The van der Waals surface area contributed by atoms with Crippen molar-refractivity contribution in [1.82, 2.24) is 10.1 Å². The summed E-state index contributed by atoms with van der Waals surface area (Å²) in [6.07, 6.45) is 0.706. The molecule has 0 atom stereocenters. The van der Waals surface area contributed by atoms with Crippen LogP contribution in [0.5, 0.6) is 0 Å². The number of nitrogens with zero attached hydrogens (tertiary/aromatic N) is 2. The van der Waals surface area contributed by atoms with E-state index >= 15 is 0 Å². The van der Waals surface area contributed by atoms with Crippen LogP contribution in [0.15, 0.2) is 28.8 Å². The van der Waals surface area contributed by atoms with Crippen LogP contribution in [0.3, 0.4) is 0 Å². The molecule has 1 aromatic carbocycles. The van der Waals surface area contributed by atoms with Gasteiger partial charge in [0.2, 0.25) is 11.7 Å². The molecule has 2 rings (SSSR count). The maximum Gasteiger partial charge on any atom is 0.234 e. The largest absolute Gasteiger partial charge is 0.339 e. The Hall–Kier alpha value is -1.97. The summed E-state index contributed by atoms with van der Waals surface area (Å²) in [4.78, 5) is 15.5. The van der Waals surface area contributed by atoms with Gasteiger partial charge in [-0.1, -0.05) is 36.3 Å². The van der Waals surface area contributed by atoms with Crippen molar-refractivity contribution < 1.29 is 9.32 Å². The summed E-state index contributed by atoms with van der Waals surface area (Å²) in [7, 11) is 0. The Balaban J connectivity index is 2.24. The van der Waals surface area contributed by atoms with Gasteiger partial charge in [-0.15, -0.1) is 0 Å². The van der Waals surface area contributed by atoms with Gasteiger partial charge in [-0.05, 0) is 12.5 Å². The second-order valence-electron chi connectivity index (χ2n) is 3.90. The summed E-state index contributed by atoms with van der Waals surface area (Å²) in [6.45, 7) is 3.81. The lowest BCUT2D eigenvalue weighted by Gasteiger charge is -1.97. The highest BCUT2D eigenvalue weighted by molar-refractivity contribution is 5.79. The molecule has 0 fully saturated rings. The molecule has 1 heterocycles. The van der Waals surface area contributed by atoms with Crippen LogP contribution in [0.1, 0.15) is 24.8 Å². The predicted molar refractivity (Wildman–Crippen MR) is 63.5 cm³/mol. The summed E-state index contributed by atoms with van der Waals surface area (Å²) >= 11 is 0. The minimum Gasteiger partial charge on any atom is -0.339 e. The minimum absolute atomic E-state index is 0.102. The lowest BCUT2D eigenvalue weighted by molar-refractivity contribution is -0.118. The molecule has 4 heteroatoms. The first-order valence-corrected chi connectivity index (χ1v) is 5.61. The van der Waals surface area contributed by atoms with Crippen LogP contribution in [0, 0.1) is 6.92 Å². The van der Waals surface area contributed by atoms with E-state index in [0.717, 1.165) is 11.1 Å². The Morgan fingerprint density at radius 3 is 2.82 bits per heavy atom. The molecule has 0 N–H and O–H groups in total. The van der Waals surface area contributed by atoms with Crippen LogP contribution >= 0.6 is 0 Å². The van der Waals surface area contributed by atoms with E-state index < -0.39 is 0 Å². The standard InChI is InChI=1S/C13H14N2O2/c1-3-10(16)8-12-14-13(15-17-12)11-7-5-4-6-9(11)2/h4-7H,3,8H2,1-2H3. The number of Topliss-reactive ketones (excluding diaryl/α,β-unsaturated/α-hetero) is 1. The predicted octanol–water partition coefficient (Wildman–Crippen LogP) is 2.57. The van der Waals surface area contributed by atoms with Crippen molar-refractivity contribution in [3.63, 3.8) is 0 Å². The second kappa shape index (κ2) is 4.91. The van der Waals surface area contributed by atoms with E-state index in [1.165, 1.54) is 0 Å². The van der Waals surface area contributed by atoms with Crippen molar-refractivity contribution >= 4 is 5.78 Å². The zero-order valence-corrected chi connectivity index (χ0v) is 9.93. The van der Waals surface area contributed by atoms with Gasteiger partial charge in [-0.25, -0.2) is 0 Å².